The molecule has 0 aliphatic heterocycles. The van der Waals surface area contributed by atoms with E-state index in [1.54, 1.807) is 18.2 Å². The molecule has 0 heterocycles. The second kappa shape index (κ2) is 8.17. The SMILES string of the molecule is CC(C)COCCCNC(=O)c1cc(N)ccc1Br. The van der Waals surface area contributed by atoms with Crippen LogP contribution in [0, 0.1) is 5.92 Å². The second-order valence-electron chi connectivity index (χ2n) is 4.82. The van der Waals surface area contributed by atoms with E-state index in [0.29, 0.717) is 30.3 Å². The van der Waals surface area contributed by atoms with Crippen LogP contribution in [0.4, 0.5) is 5.69 Å². The Morgan fingerprint density at radius 3 is 2.89 bits per heavy atom. The van der Waals surface area contributed by atoms with Gasteiger partial charge in [-0.3, -0.25) is 4.79 Å². The zero-order chi connectivity index (χ0) is 14.3. The Labute approximate surface area is 122 Å². The molecule has 0 radical (unpaired) electrons. The molecule has 0 aliphatic rings. The standard InChI is InChI=1S/C14H21BrN2O2/c1-10(2)9-19-7-3-6-17-14(18)12-8-11(16)4-5-13(12)15/h4-5,8,10H,3,6-7,9,16H2,1-2H3,(H,17,18). The molecule has 0 unspecified atom stereocenters. The lowest BCUT2D eigenvalue weighted by atomic mass is 10.2. The minimum atomic E-state index is -0.122. The minimum absolute atomic E-state index is 0.122. The Kier molecular flexibility index (Phi) is 6.87. The summed E-state index contributed by atoms with van der Waals surface area (Å²) in [4.78, 5) is 11.9. The van der Waals surface area contributed by atoms with Gasteiger partial charge >= 0.3 is 0 Å². The smallest absolute Gasteiger partial charge is 0.252 e. The molecule has 106 valence electrons. The van der Waals surface area contributed by atoms with Crippen molar-refractivity contribution in [2.75, 3.05) is 25.5 Å². The number of anilines is 1. The molecule has 0 aliphatic carbocycles. The van der Waals surface area contributed by atoms with E-state index in [0.717, 1.165) is 17.5 Å². The summed E-state index contributed by atoms with van der Waals surface area (Å²) >= 11 is 3.34. The van der Waals surface area contributed by atoms with Crippen LogP contribution in [0.3, 0.4) is 0 Å². The molecule has 19 heavy (non-hydrogen) atoms. The van der Waals surface area contributed by atoms with Gasteiger partial charge in [-0.15, -0.1) is 0 Å². The lowest BCUT2D eigenvalue weighted by Crippen LogP contribution is -2.25. The van der Waals surface area contributed by atoms with Crippen molar-refractivity contribution in [3.05, 3.63) is 28.2 Å². The lowest BCUT2D eigenvalue weighted by molar-refractivity contribution is 0.0924. The van der Waals surface area contributed by atoms with Crippen molar-refractivity contribution >= 4 is 27.5 Å². The van der Waals surface area contributed by atoms with Crippen molar-refractivity contribution in [1.29, 1.82) is 0 Å². The number of halogens is 1. The van der Waals surface area contributed by atoms with Crippen molar-refractivity contribution < 1.29 is 9.53 Å². The van der Waals surface area contributed by atoms with Gasteiger partial charge in [-0.25, -0.2) is 0 Å². The third-order valence-electron chi connectivity index (χ3n) is 2.44. The zero-order valence-corrected chi connectivity index (χ0v) is 13.0. The highest BCUT2D eigenvalue weighted by atomic mass is 79.9. The number of nitrogen functional groups attached to an aromatic ring is 1. The average molecular weight is 329 g/mol. The van der Waals surface area contributed by atoms with Gasteiger partial charge in [0, 0.05) is 29.9 Å². The largest absolute Gasteiger partial charge is 0.399 e. The van der Waals surface area contributed by atoms with Crippen LogP contribution in [0.2, 0.25) is 0 Å². The minimum Gasteiger partial charge on any atom is -0.399 e. The van der Waals surface area contributed by atoms with Crippen molar-refractivity contribution in [3.8, 4) is 0 Å². The first-order chi connectivity index (χ1) is 9.00. The summed E-state index contributed by atoms with van der Waals surface area (Å²) in [5.74, 6) is 0.417. The van der Waals surface area contributed by atoms with E-state index < -0.39 is 0 Å². The predicted octanol–water partition coefficient (Wildman–Crippen LogP) is 2.82. The quantitative estimate of drug-likeness (QED) is 0.597. The van der Waals surface area contributed by atoms with Gasteiger partial charge in [0.2, 0.25) is 0 Å². The first kappa shape index (κ1) is 16.0. The van der Waals surface area contributed by atoms with Gasteiger partial charge in [0.25, 0.3) is 5.91 Å². The molecule has 0 spiro atoms. The molecule has 0 saturated heterocycles. The van der Waals surface area contributed by atoms with E-state index in [1.807, 2.05) is 0 Å². The van der Waals surface area contributed by atoms with Crippen molar-refractivity contribution in [1.82, 2.24) is 5.32 Å². The molecule has 0 bridgehead atoms. The van der Waals surface area contributed by atoms with Crippen LogP contribution in [0.25, 0.3) is 0 Å². The van der Waals surface area contributed by atoms with Gasteiger partial charge in [0.05, 0.1) is 5.56 Å². The molecule has 0 saturated carbocycles. The molecule has 1 aromatic carbocycles. The fourth-order valence-corrected chi connectivity index (χ4v) is 1.93. The number of amides is 1. The molecular weight excluding hydrogens is 308 g/mol. The Morgan fingerprint density at radius 2 is 2.21 bits per heavy atom. The maximum atomic E-state index is 11.9. The van der Waals surface area contributed by atoms with Gasteiger partial charge in [-0.05, 0) is 46.5 Å². The highest BCUT2D eigenvalue weighted by Gasteiger charge is 2.09. The van der Waals surface area contributed by atoms with Gasteiger partial charge < -0.3 is 15.8 Å². The highest BCUT2D eigenvalue weighted by molar-refractivity contribution is 9.10. The third kappa shape index (κ3) is 6.07. The van der Waals surface area contributed by atoms with E-state index in [4.69, 9.17) is 10.5 Å². The lowest BCUT2D eigenvalue weighted by Gasteiger charge is -2.09. The summed E-state index contributed by atoms with van der Waals surface area (Å²) < 4.78 is 6.19. The molecule has 0 aromatic heterocycles. The number of nitrogens with two attached hydrogens (primary N) is 1. The number of nitrogens with one attached hydrogen (secondary N) is 1. The van der Waals surface area contributed by atoms with E-state index in [9.17, 15) is 4.79 Å². The van der Waals surface area contributed by atoms with Gasteiger partial charge in [0.1, 0.15) is 0 Å². The van der Waals surface area contributed by atoms with E-state index in [-0.39, 0.29) is 5.91 Å². The predicted molar refractivity (Wildman–Crippen MR) is 81.2 cm³/mol. The average Bonchev–Trinajstić information content (AvgIpc) is 2.36. The maximum Gasteiger partial charge on any atom is 0.252 e. The first-order valence-corrected chi connectivity index (χ1v) is 7.21. The van der Waals surface area contributed by atoms with Crippen molar-refractivity contribution in [2.45, 2.75) is 20.3 Å². The summed E-state index contributed by atoms with van der Waals surface area (Å²) in [5.41, 5.74) is 6.80. The number of carbonyl (C=O) groups excluding carboxylic acids is 1. The number of benzene rings is 1. The molecule has 5 heteroatoms. The van der Waals surface area contributed by atoms with Crippen LogP contribution in [0.1, 0.15) is 30.6 Å². The third-order valence-corrected chi connectivity index (χ3v) is 3.13. The normalized spacial score (nSPS) is 10.7. The van der Waals surface area contributed by atoms with E-state index >= 15 is 0 Å². The van der Waals surface area contributed by atoms with E-state index in [2.05, 4.69) is 35.1 Å². The Morgan fingerprint density at radius 1 is 1.47 bits per heavy atom. The monoisotopic (exact) mass is 328 g/mol. The van der Waals surface area contributed by atoms with Crippen LogP contribution >= 0.6 is 15.9 Å². The number of rotatable bonds is 7. The van der Waals surface area contributed by atoms with Crippen molar-refractivity contribution in [3.63, 3.8) is 0 Å². The zero-order valence-electron chi connectivity index (χ0n) is 11.4. The van der Waals surface area contributed by atoms with Gasteiger partial charge in [-0.1, -0.05) is 13.8 Å². The molecule has 1 aromatic rings. The molecule has 0 atom stereocenters. The highest BCUT2D eigenvalue weighted by Crippen LogP contribution is 2.19. The number of hydrogen-bond acceptors (Lipinski definition) is 3. The van der Waals surface area contributed by atoms with Crippen LogP contribution in [0.5, 0.6) is 0 Å². The maximum absolute atomic E-state index is 11.9. The van der Waals surface area contributed by atoms with Crippen molar-refractivity contribution in [2.24, 2.45) is 5.92 Å². The molecule has 1 rings (SSSR count). The van der Waals surface area contributed by atoms with Gasteiger partial charge in [0.15, 0.2) is 0 Å². The number of hydrogen-bond donors (Lipinski definition) is 2. The number of ether oxygens (including phenoxy) is 1. The van der Waals surface area contributed by atoms with Crippen LogP contribution < -0.4 is 11.1 Å². The van der Waals surface area contributed by atoms with Gasteiger partial charge in [-0.2, -0.15) is 0 Å². The summed E-state index contributed by atoms with van der Waals surface area (Å²) in [6.07, 6.45) is 0.804. The Hall–Kier alpha value is -1.07. The van der Waals surface area contributed by atoms with E-state index in [1.165, 1.54) is 0 Å². The Balaban J connectivity index is 2.29. The first-order valence-electron chi connectivity index (χ1n) is 6.41. The summed E-state index contributed by atoms with van der Waals surface area (Å²) in [5, 5.41) is 2.85. The molecule has 1 amide bonds. The summed E-state index contributed by atoms with van der Waals surface area (Å²) in [6.45, 7) is 6.24. The molecule has 3 N–H and O–H groups in total. The summed E-state index contributed by atoms with van der Waals surface area (Å²) in [7, 11) is 0. The number of carbonyl (C=O) groups is 1. The van der Waals surface area contributed by atoms with Crippen LogP contribution in [-0.2, 0) is 4.74 Å². The second-order valence-corrected chi connectivity index (χ2v) is 5.67. The van der Waals surface area contributed by atoms with Crippen LogP contribution in [0.15, 0.2) is 22.7 Å². The fourth-order valence-electron chi connectivity index (χ4n) is 1.51. The Bertz CT molecular complexity index is 422. The molecular formula is C14H21BrN2O2. The summed E-state index contributed by atoms with van der Waals surface area (Å²) in [6, 6.07) is 5.19. The van der Waals surface area contributed by atoms with Crippen LogP contribution in [-0.4, -0.2) is 25.7 Å². The molecule has 0 fully saturated rings. The topological polar surface area (TPSA) is 64.3 Å². The fraction of sp³-hybridized carbons (Fsp3) is 0.500. The molecule has 4 nitrogen and oxygen atoms in total.